The molecule has 0 atom stereocenters. The molecule has 1 aromatic carbocycles. The van der Waals surface area contributed by atoms with Gasteiger partial charge in [0.05, 0.1) is 0 Å². The molecule has 3 rings (SSSR count). The van der Waals surface area contributed by atoms with Gasteiger partial charge in [-0.25, -0.2) is 4.39 Å². The van der Waals surface area contributed by atoms with Gasteiger partial charge in [-0.3, -0.25) is 0 Å². The van der Waals surface area contributed by atoms with E-state index in [0.717, 1.165) is 25.7 Å². The van der Waals surface area contributed by atoms with Crippen molar-refractivity contribution in [3.8, 4) is 0 Å². The van der Waals surface area contributed by atoms with Crippen LogP contribution in [0.5, 0.6) is 0 Å². The summed E-state index contributed by atoms with van der Waals surface area (Å²) >= 11 is 0. The number of hydrogen-bond acceptors (Lipinski definition) is 0. The van der Waals surface area contributed by atoms with Crippen molar-refractivity contribution in [1.82, 2.24) is 0 Å². The normalized spacial score (nSPS) is 27.6. The lowest BCUT2D eigenvalue weighted by molar-refractivity contribution is 0.595. The van der Waals surface area contributed by atoms with Crippen molar-refractivity contribution in [2.75, 3.05) is 0 Å². The van der Waals surface area contributed by atoms with Crippen LogP contribution in [0.3, 0.4) is 0 Å². The monoisotopic (exact) mass is 228 g/mol. The largest absolute Gasteiger partial charge is 0.207 e. The summed E-state index contributed by atoms with van der Waals surface area (Å²) in [5.41, 5.74) is 5.15. The minimum atomic E-state index is -0.118. The SMILES string of the molecule is C=C1CC2CC(=C)CC(C1)c1cc(F)ccc12. The van der Waals surface area contributed by atoms with Gasteiger partial charge in [-0.1, -0.05) is 30.4 Å². The fourth-order valence-electron chi connectivity index (χ4n) is 3.42. The fraction of sp³-hybridized carbons (Fsp3) is 0.375. The number of benzene rings is 1. The molecule has 0 saturated heterocycles. The lowest BCUT2D eigenvalue weighted by Gasteiger charge is -2.19. The van der Waals surface area contributed by atoms with Crippen molar-refractivity contribution >= 4 is 0 Å². The molecule has 0 N–H and O–H groups in total. The van der Waals surface area contributed by atoms with Crippen molar-refractivity contribution in [3.63, 3.8) is 0 Å². The summed E-state index contributed by atoms with van der Waals surface area (Å²) < 4.78 is 13.4. The van der Waals surface area contributed by atoms with E-state index in [0.29, 0.717) is 11.8 Å². The summed E-state index contributed by atoms with van der Waals surface area (Å²) in [7, 11) is 0. The van der Waals surface area contributed by atoms with Crippen LogP contribution in [0.15, 0.2) is 42.5 Å². The highest BCUT2D eigenvalue weighted by Crippen LogP contribution is 2.47. The molecule has 2 aliphatic rings. The van der Waals surface area contributed by atoms with Gasteiger partial charge in [-0.05, 0) is 60.8 Å². The van der Waals surface area contributed by atoms with Crippen LogP contribution in [0.2, 0.25) is 0 Å². The summed E-state index contributed by atoms with van der Waals surface area (Å²) in [6, 6.07) is 5.29. The van der Waals surface area contributed by atoms with Crippen molar-refractivity contribution in [2.24, 2.45) is 0 Å². The molecule has 1 heteroatoms. The van der Waals surface area contributed by atoms with Gasteiger partial charge in [0.25, 0.3) is 0 Å². The van der Waals surface area contributed by atoms with E-state index in [1.54, 1.807) is 12.1 Å². The predicted molar refractivity (Wildman–Crippen MR) is 68.6 cm³/mol. The second-order valence-corrected chi connectivity index (χ2v) is 5.48. The van der Waals surface area contributed by atoms with Crippen LogP contribution in [-0.4, -0.2) is 0 Å². The van der Waals surface area contributed by atoms with Crippen molar-refractivity contribution in [1.29, 1.82) is 0 Å². The lowest BCUT2D eigenvalue weighted by atomic mass is 9.85. The molecule has 0 fully saturated rings. The summed E-state index contributed by atoms with van der Waals surface area (Å²) in [4.78, 5) is 0. The Bertz CT molecular complexity index is 478. The third-order valence-corrected chi connectivity index (χ3v) is 4.07. The summed E-state index contributed by atoms with van der Waals surface area (Å²) in [6.45, 7) is 8.33. The van der Waals surface area contributed by atoms with E-state index in [9.17, 15) is 4.39 Å². The molecule has 0 amide bonds. The Labute approximate surface area is 102 Å². The van der Waals surface area contributed by atoms with Gasteiger partial charge in [0.2, 0.25) is 0 Å². The van der Waals surface area contributed by atoms with Crippen LogP contribution in [0.25, 0.3) is 0 Å². The standard InChI is InChI=1S/C16H17F/c1-10-5-12-6-11(2)8-13(7-10)16-9-14(17)3-4-15(12)16/h3-4,9,12-13H,1-2,5-8H2. The summed E-state index contributed by atoms with van der Waals surface area (Å²) in [5, 5.41) is 0. The first-order valence-corrected chi connectivity index (χ1v) is 6.26. The molecule has 0 aromatic heterocycles. The Balaban J connectivity index is 2.17. The maximum Gasteiger partial charge on any atom is 0.123 e. The lowest BCUT2D eigenvalue weighted by Crippen LogP contribution is -2.02. The molecule has 0 aliphatic heterocycles. The van der Waals surface area contributed by atoms with Crippen molar-refractivity contribution in [2.45, 2.75) is 37.5 Å². The van der Waals surface area contributed by atoms with Gasteiger partial charge in [0.15, 0.2) is 0 Å². The zero-order valence-electron chi connectivity index (χ0n) is 10.0. The third kappa shape index (κ3) is 1.84. The molecule has 0 spiro atoms. The zero-order chi connectivity index (χ0) is 12.0. The minimum Gasteiger partial charge on any atom is -0.207 e. The van der Waals surface area contributed by atoms with E-state index in [1.807, 2.05) is 6.07 Å². The van der Waals surface area contributed by atoms with Gasteiger partial charge >= 0.3 is 0 Å². The number of allylic oxidation sites excluding steroid dienone is 2. The molecule has 2 bridgehead atoms. The quantitative estimate of drug-likeness (QED) is 0.565. The average molecular weight is 228 g/mol. The Morgan fingerprint density at radius 1 is 0.882 bits per heavy atom. The van der Waals surface area contributed by atoms with Gasteiger partial charge < -0.3 is 0 Å². The first-order valence-electron chi connectivity index (χ1n) is 6.26. The molecule has 0 nitrogen and oxygen atoms in total. The van der Waals surface area contributed by atoms with Crippen LogP contribution >= 0.6 is 0 Å². The molecule has 0 radical (unpaired) electrons. The van der Waals surface area contributed by atoms with E-state index in [1.165, 1.54) is 22.3 Å². The van der Waals surface area contributed by atoms with E-state index >= 15 is 0 Å². The second-order valence-electron chi connectivity index (χ2n) is 5.48. The van der Waals surface area contributed by atoms with Crippen molar-refractivity contribution < 1.29 is 4.39 Å². The van der Waals surface area contributed by atoms with Crippen LogP contribution < -0.4 is 0 Å². The van der Waals surface area contributed by atoms with Crippen LogP contribution in [0, 0.1) is 5.82 Å². The molecule has 17 heavy (non-hydrogen) atoms. The molecule has 0 saturated carbocycles. The minimum absolute atomic E-state index is 0.118. The topological polar surface area (TPSA) is 0 Å². The highest BCUT2D eigenvalue weighted by atomic mass is 19.1. The van der Waals surface area contributed by atoms with E-state index in [-0.39, 0.29) is 5.82 Å². The fourth-order valence-corrected chi connectivity index (χ4v) is 3.42. The molecule has 1 aromatic rings. The zero-order valence-corrected chi connectivity index (χ0v) is 10.0. The molecular weight excluding hydrogens is 211 g/mol. The molecular formula is C16H17F. The maximum atomic E-state index is 13.4. The number of halogens is 1. The average Bonchev–Trinajstić information content (AvgIpc) is 2.43. The molecule has 2 aliphatic carbocycles. The highest BCUT2D eigenvalue weighted by molar-refractivity contribution is 5.41. The summed E-state index contributed by atoms with van der Waals surface area (Å²) in [6.07, 6.45) is 4.06. The first-order chi connectivity index (χ1) is 8.13. The van der Waals surface area contributed by atoms with E-state index in [4.69, 9.17) is 0 Å². The van der Waals surface area contributed by atoms with Crippen LogP contribution in [-0.2, 0) is 0 Å². The highest BCUT2D eigenvalue weighted by Gasteiger charge is 2.31. The molecule has 88 valence electrons. The smallest absolute Gasteiger partial charge is 0.123 e. The Morgan fingerprint density at radius 2 is 1.41 bits per heavy atom. The second kappa shape index (κ2) is 3.83. The molecule has 0 heterocycles. The Morgan fingerprint density at radius 3 is 2.00 bits per heavy atom. The third-order valence-electron chi connectivity index (χ3n) is 4.07. The predicted octanol–water partition coefficient (Wildman–Crippen LogP) is 4.69. The number of hydrogen-bond donors (Lipinski definition) is 0. The Kier molecular flexibility index (Phi) is 2.43. The number of rotatable bonds is 0. The Hall–Kier alpha value is -1.37. The van der Waals surface area contributed by atoms with E-state index < -0.39 is 0 Å². The van der Waals surface area contributed by atoms with Crippen LogP contribution in [0.1, 0.15) is 48.6 Å². The van der Waals surface area contributed by atoms with Crippen molar-refractivity contribution in [3.05, 3.63) is 59.4 Å². The summed E-state index contributed by atoms with van der Waals surface area (Å²) in [5.74, 6) is 0.749. The first kappa shape index (κ1) is 10.8. The van der Waals surface area contributed by atoms with Crippen LogP contribution in [0.4, 0.5) is 4.39 Å². The van der Waals surface area contributed by atoms with Gasteiger partial charge in [0.1, 0.15) is 5.82 Å². The van der Waals surface area contributed by atoms with Gasteiger partial charge in [-0.15, -0.1) is 0 Å². The molecule has 0 unspecified atom stereocenters. The van der Waals surface area contributed by atoms with E-state index in [2.05, 4.69) is 13.2 Å². The van der Waals surface area contributed by atoms with Gasteiger partial charge in [0, 0.05) is 0 Å². The van der Waals surface area contributed by atoms with Gasteiger partial charge in [-0.2, -0.15) is 0 Å². The maximum absolute atomic E-state index is 13.4.